The van der Waals surface area contributed by atoms with E-state index in [1.165, 1.54) is 0 Å². The molecule has 0 aromatic carbocycles. The van der Waals surface area contributed by atoms with Gasteiger partial charge >= 0.3 is 8.88 Å². The Labute approximate surface area is 81.0 Å². The minimum absolute atomic E-state index is 0. The van der Waals surface area contributed by atoms with E-state index in [0.717, 1.165) is 0 Å². The van der Waals surface area contributed by atoms with Crippen molar-refractivity contribution in [3.63, 3.8) is 0 Å². The Balaban J connectivity index is -0.000000000818. The van der Waals surface area contributed by atoms with Gasteiger partial charge in [0.1, 0.15) is 0 Å². The van der Waals surface area contributed by atoms with Gasteiger partial charge in [-0.1, -0.05) is 14.9 Å². The molecule has 0 heterocycles. The molecule has 0 unspecified atom stereocenters. The molecule has 0 bridgehead atoms. The van der Waals surface area contributed by atoms with Crippen LogP contribution >= 0.6 is 0 Å². The summed E-state index contributed by atoms with van der Waals surface area (Å²) in [6.45, 7) is 0. The van der Waals surface area contributed by atoms with Gasteiger partial charge in [0.25, 0.3) is 0 Å². The third-order valence-corrected chi connectivity index (χ3v) is 0. The van der Waals surface area contributed by atoms with Crippen LogP contribution in [0.4, 0.5) is 4.79 Å². The molecule has 0 fully saturated rings. The maximum Gasteiger partial charge on any atom is 1.00 e. The first-order valence-corrected chi connectivity index (χ1v) is 0.781. The monoisotopic (exact) mass is 220 g/mol. The van der Waals surface area contributed by atoms with Crippen LogP contribution in [0, 0.1) is 0 Å². The standard InChI is InChI=1S/CH4N2O.2CH4.2H3N.5H2O/c2-1(3)4;;;;;;;;;/h(H4,2,3,4);2*1H4;2*1H3;5*1H2/p+4. The molecule has 2 amide bonds. The molecule has 0 aromatic heterocycles. The molecule has 0 aromatic rings. The highest BCUT2D eigenvalue weighted by Crippen LogP contribution is 1.25. The highest BCUT2D eigenvalue weighted by atomic mass is 16.2. The largest absolute Gasteiger partial charge is 1.00 e. The maximum absolute atomic E-state index is 9.00. The Hall–Kier alpha value is -1.01. The van der Waals surface area contributed by atoms with E-state index in [0.29, 0.717) is 0 Å². The van der Waals surface area contributed by atoms with Gasteiger partial charge in [-0.15, -0.1) is 0 Å². The molecule has 10 heteroatoms. The zero-order chi connectivity index (χ0) is 3.58. The number of carbonyl (C=O) groups is 1. The van der Waals surface area contributed by atoms with Crippen LogP contribution in [-0.4, -0.2) is 33.4 Å². The molecular weight excluding hydrogens is 188 g/mol. The highest BCUT2D eigenvalue weighted by molar-refractivity contribution is 5.69. The fourth-order valence-electron chi connectivity index (χ4n) is 0. The van der Waals surface area contributed by atoms with E-state index in [9.17, 15) is 0 Å². The number of urea groups is 1. The van der Waals surface area contributed by atoms with Crippen molar-refractivity contribution in [3.05, 3.63) is 0 Å². The van der Waals surface area contributed by atoms with Crippen molar-refractivity contribution in [2.75, 3.05) is 0 Å². The minimum Gasteiger partial charge on any atom is -0.412 e. The van der Waals surface area contributed by atoms with Crippen molar-refractivity contribution in [1.29, 1.82) is 0 Å². The van der Waals surface area contributed by atoms with E-state index >= 15 is 0 Å². The SMILES string of the molecule is C.C.NC(N)=O.O.O.O.O.O.[H+].[H+].[NH4+].[NH4+]. The Bertz CT molecular complexity index is 51.4. The summed E-state index contributed by atoms with van der Waals surface area (Å²) in [5, 5.41) is 0. The first-order valence-electron chi connectivity index (χ1n) is 0.781. The number of hydrogen-bond acceptors (Lipinski definition) is 1. The van der Waals surface area contributed by atoms with E-state index in [1.54, 1.807) is 0 Å². The summed E-state index contributed by atoms with van der Waals surface area (Å²) in [7, 11) is 0. The molecule has 13 heavy (non-hydrogen) atoms. The second-order valence-electron chi connectivity index (χ2n) is 0.402. The predicted molar refractivity (Wildman–Crippen MR) is 59.5 cm³/mol. The quantitative estimate of drug-likeness (QED) is 0.329. The molecule has 0 atom stereocenters. The van der Waals surface area contributed by atoms with Gasteiger partial charge in [0.05, 0.1) is 0 Å². The zero-order valence-corrected chi connectivity index (χ0v) is 6.56. The molecule has 0 aliphatic heterocycles. The van der Waals surface area contributed by atoms with Crippen molar-refractivity contribution in [3.8, 4) is 0 Å². The lowest BCUT2D eigenvalue weighted by atomic mass is 11.2. The molecule has 0 spiro atoms. The molecule has 0 saturated heterocycles. The van der Waals surface area contributed by atoms with Crippen molar-refractivity contribution >= 4 is 6.03 Å². The Kier molecular flexibility index (Phi) is 7790. The van der Waals surface area contributed by atoms with E-state index in [1.807, 2.05) is 0 Å². The molecule has 0 radical (unpaired) electrons. The number of nitrogens with two attached hydrogens (primary N) is 2. The smallest absolute Gasteiger partial charge is 0.412 e. The van der Waals surface area contributed by atoms with Crippen molar-refractivity contribution in [1.82, 2.24) is 12.3 Å². The van der Waals surface area contributed by atoms with Crippen LogP contribution in [0.3, 0.4) is 0 Å². The zero-order valence-electron chi connectivity index (χ0n) is 8.56. The number of amides is 2. The summed E-state index contributed by atoms with van der Waals surface area (Å²) in [5.41, 5.74) is 8.50. The summed E-state index contributed by atoms with van der Waals surface area (Å²) < 4.78 is 0. The fraction of sp³-hybridized carbons (Fsp3) is 0.667. The summed E-state index contributed by atoms with van der Waals surface area (Å²) in [4.78, 5) is 9.00. The van der Waals surface area contributed by atoms with Gasteiger partial charge in [-0.3, -0.25) is 0 Å². The lowest BCUT2D eigenvalue weighted by Crippen LogP contribution is -2.18. The van der Waals surface area contributed by atoms with Crippen LogP contribution in [0.15, 0.2) is 0 Å². The maximum atomic E-state index is 9.00. The second kappa shape index (κ2) is 277. The van der Waals surface area contributed by atoms with E-state index in [4.69, 9.17) is 4.79 Å². The molecular formula is C3H32N4O6+4. The average Bonchev–Trinajstić information content (AvgIpc) is 0.811. The molecule has 0 aliphatic rings. The first kappa shape index (κ1) is 366. The first-order chi connectivity index (χ1) is 1.73. The lowest BCUT2D eigenvalue weighted by molar-refractivity contribution is 0.256. The van der Waals surface area contributed by atoms with Gasteiger partial charge in [0.15, 0.2) is 0 Å². The van der Waals surface area contributed by atoms with Gasteiger partial charge in [0.2, 0.25) is 0 Å². The summed E-state index contributed by atoms with van der Waals surface area (Å²) >= 11 is 0. The molecule has 0 aliphatic carbocycles. The molecule has 0 rings (SSSR count). The van der Waals surface area contributed by atoms with Crippen LogP contribution in [0.1, 0.15) is 17.7 Å². The predicted octanol–water partition coefficient (Wildman–Crippen LogP) is -2.85. The third kappa shape index (κ3) is 871. The van der Waals surface area contributed by atoms with Crippen molar-refractivity contribution in [2.24, 2.45) is 11.5 Å². The van der Waals surface area contributed by atoms with Crippen LogP contribution in [0.25, 0.3) is 0 Å². The topological polar surface area (TPSA) is 300 Å². The van der Waals surface area contributed by atoms with Gasteiger partial charge < -0.3 is 51.1 Å². The number of carbonyl (C=O) groups excluding carboxylic acids is 1. The Morgan fingerprint density at radius 3 is 0.769 bits per heavy atom. The molecule has 22 N–H and O–H groups in total. The van der Waals surface area contributed by atoms with E-state index < -0.39 is 6.03 Å². The number of quaternary nitrogens is 2. The van der Waals surface area contributed by atoms with E-state index in [-0.39, 0.29) is 57.4 Å². The average molecular weight is 220 g/mol. The van der Waals surface area contributed by atoms with Crippen LogP contribution in [-0.2, 0) is 0 Å². The van der Waals surface area contributed by atoms with Gasteiger partial charge in [0, 0.05) is 0 Å². The Morgan fingerprint density at radius 1 is 0.769 bits per heavy atom. The number of primary amides is 2. The number of hydrogen-bond donors (Lipinski definition) is 4. The van der Waals surface area contributed by atoms with Crippen LogP contribution in [0.5, 0.6) is 0 Å². The van der Waals surface area contributed by atoms with Crippen molar-refractivity contribution in [2.45, 2.75) is 14.9 Å². The minimum atomic E-state index is -0.833. The van der Waals surface area contributed by atoms with Crippen LogP contribution < -0.4 is 23.8 Å². The third-order valence-electron chi connectivity index (χ3n) is 0. The van der Waals surface area contributed by atoms with Gasteiger partial charge in [-0.2, -0.15) is 0 Å². The fourth-order valence-corrected chi connectivity index (χ4v) is 0. The second-order valence-corrected chi connectivity index (χ2v) is 0.402. The molecule has 0 saturated carbocycles. The van der Waals surface area contributed by atoms with Gasteiger partial charge in [-0.25, -0.2) is 4.79 Å². The lowest BCUT2D eigenvalue weighted by Gasteiger charge is -1.62. The number of rotatable bonds is 0. The Morgan fingerprint density at radius 2 is 0.769 bits per heavy atom. The van der Waals surface area contributed by atoms with Crippen molar-refractivity contribution < 1.29 is 35.0 Å². The normalized spacial score (nSPS) is 1.85. The summed E-state index contributed by atoms with van der Waals surface area (Å²) in [6.07, 6.45) is 0. The summed E-state index contributed by atoms with van der Waals surface area (Å²) in [6, 6.07) is -0.833. The molecule has 96 valence electrons. The van der Waals surface area contributed by atoms with E-state index in [2.05, 4.69) is 11.5 Å². The summed E-state index contributed by atoms with van der Waals surface area (Å²) in [5.74, 6) is 0. The molecule has 10 nitrogen and oxygen atoms in total. The highest BCUT2D eigenvalue weighted by Gasteiger charge is 1.60. The van der Waals surface area contributed by atoms with Gasteiger partial charge in [-0.05, 0) is 0 Å². The van der Waals surface area contributed by atoms with Crippen LogP contribution in [0.2, 0.25) is 0 Å².